The van der Waals surface area contributed by atoms with Crippen LogP contribution in [-0.4, -0.2) is 20.9 Å². The van der Waals surface area contributed by atoms with Crippen molar-refractivity contribution in [2.45, 2.75) is 18.3 Å². The first-order valence-corrected chi connectivity index (χ1v) is 5.92. The minimum absolute atomic E-state index is 0.279. The van der Waals surface area contributed by atoms with Gasteiger partial charge in [-0.05, 0) is 11.6 Å². The molecule has 0 saturated heterocycles. The second kappa shape index (κ2) is 5.21. The van der Waals surface area contributed by atoms with Crippen LogP contribution in [-0.2, 0) is 23.1 Å². The SMILES string of the molecule is NC(Cn1ccc(C(F)(F)F)n1)(C(=O)O)c1ccccc1. The average Bonchev–Trinajstić information content (AvgIpc) is 2.88. The number of benzene rings is 1. The van der Waals surface area contributed by atoms with Crippen LogP contribution in [0, 0.1) is 0 Å². The van der Waals surface area contributed by atoms with Gasteiger partial charge in [-0.1, -0.05) is 30.3 Å². The van der Waals surface area contributed by atoms with Crippen LogP contribution < -0.4 is 5.73 Å². The van der Waals surface area contributed by atoms with Crippen molar-refractivity contribution in [2.75, 3.05) is 0 Å². The third-order valence-electron chi connectivity index (χ3n) is 3.01. The summed E-state index contributed by atoms with van der Waals surface area (Å²) in [5.74, 6) is -1.35. The van der Waals surface area contributed by atoms with Gasteiger partial charge in [-0.2, -0.15) is 18.3 Å². The molecule has 2 aromatic rings. The van der Waals surface area contributed by atoms with Crippen LogP contribution in [0.2, 0.25) is 0 Å². The smallest absolute Gasteiger partial charge is 0.435 e. The van der Waals surface area contributed by atoms with E-state index in [0.717, 1.165) is 16.9 Å². The molecular formula is C13H12F3N3O2. The number of carbonyl (C=O) groups is 1. The fourth-order valence-corrected chi connectivity index (χ4v) is 1.87. The summed E-state index contributed by atoms with van der Waals surface area (Å²) in [5, 5.41) is 12.6. The average molecular weight is 299 g/mol. The highest BCUT2D eigenvalue weighted by atomic mass is 19.4. The van der Waals surface area contributed by atoms with Crippen LogP contribution in [0.1, 0.15) is 11.3 Å². The van der Waals surface area contributed by atoms with Crippen molar-refractivity contribution in [1.82, 2.24) is 9.78 Å². The Morgan fingerprint density at radius 2 is 1.86 bits per heavy atom. The lowest BCUT2D eigenvalue weighted by Gasteiger charge is -2.25. The number of hydrogen-bond donors (Lipinski definition) is 2. The highest BCUT2D eigenvalue weighted by molar-refractivity contribution is 5.80. The van der Waals surface area contributed by atoms with Gasteiger partial charge in [0.25, 0.3) is 0 Å². The maximum absolute atomic E-state index is 12.5. The van der Waals surface area contributed by atoms with Gasteiger partial charge in [-0.15, -0.1) is 0 Å². The molecule has 21 heavy (non-hydrogen) atoms. The molecule has 2 rings (SSSR count). The number of halogens is 3. The Balaban J connectivity index is 2.34. The molecule has 1 atom stereocenters. The Bertz CT molecular complexity index is 640. The highest BCUT2D eigenvalue weighted by Crippen LogP contribution is 2.28. The molecule has 112 valence electrons. The number of nitrogens with two attached hydrogens (primary N) is 1. The van der Waals surface area contributed by atoms with E-state index in [4.69, 9.17) is 5.73 Å². The van der Waals surface area contributed by atoms with Crippen molar-refractivity contribution in [3.63, 3.8) is 0 Å². The number of aromatic nitrogens is 2. The minimum atomic E-state index is -4.58. The number of aliphatic carboxylic acids is 1. The van der Waals surface area contributed by atoms with Gasteiger partial charge in [-0.25, -0.2) is 4.79 Å². The summed E-state index contributed by atoms with van der Waals surface area (Å²) >= 11 is 0. The molecule has 1 unspecified atom stereocenters. The molecule has 0 spiro atoms. The van der Waals surface area contributed by atoms with E-state index in [9.17, 15) is 23.1 Å². The molecule has 0 radical (unpaired) electrons. The Hall–Kier alpha value is -2.35. The maximum Gasteiger partial charge on any atom is 0.435 e. The molecule has 3 N–H and O–H groups in total. The summed E-state index contributed by atoms with van der Waals surface area (Å²) in [6.45, 7) is -0.414. The van der Waals surface area contributed by atoms with Crippen LogP contribution in [0.15, 0.2) is 42.6 Å². The van der Waals surface area contributed by atoms with E-state index in [-0.39, 0.29) is 5.56 Å². The summed E-state index contributed by atoms with van der Waals surface area (Å²) in [7, 11) is 0. The normalized spacial score (nSPS) is 14.7. The van der Waals surface area contributed by atoms with Crippen LogP contribution in [0.25, 0.3) is 0 Å². The topological polar surface area (TPSA) is 81.1 Å². The third-order valence-corrected chi connectivity index (χ3v) is 3.01. The molecule has 0 aliphatic carbocycles. The van der Waals surface area contributed by atoms with Gasteiger partial charge in [0.1, 0.15) is 0 Å². The van der Waals surface area contributed by atoms with Gasteiger partial charge < -0.3 is 10.8 Å². The van der Waals surface area contributed by atoms with Crippen LogP contribution in [0.3, 0.4) is 0 Å². The molecule has 0 amide bonds. The van der Waals surface area contributed by atoms with E-state index in [1.54, 1.807) is 18.2 Å². The van der Waals surface area contributed by atoms with Crippen LogP contribution >= 0.6 is 0 Å². The first kappa shape index (κ1) is 15.0. The second-order valence-corrected chi connectivity index (χ2v) is 4.54. The van der Waals surface area contributed by atoms with Crippen LogP contribution in [0.4, 0.5) is 13.2 Å². The number of carboxylic acids is 1. The molecule has 8 heteroatoms. The van der Waals surface area contributed by atoms with E-state index in [2.05, 4.69) is 5.10 Å². The van der Waals surface area contributed by atoms with Gasteiger partial charge >= 0.3 is 12.1 Å². The van der Waals surface area contributed by atoms with E-state index < -0.39 is 29.9 Å². The molecule has 0 bridgehead atoms. The summed E-state index contributed by atoms with van der Waals surface area (Å²) in [5.41, 5.74) is 3.19. The highest BCUT2D eigenvalue weighted by Gasteiger charge is 2.38. The first-order chi connectivity index (χ1) is 9.73. The maximum atomic E-state index is 12.5. The van der Waals surface area contributed by atoms with E-state index in [0.29, 0.717) is 0 Å². The third kappa shape index (κ3) is 3.05. The van der Waals surface area contributed by atoms with Gasteiger partial charge in [-0.3, -0.25) is 4.68 Å². The Morgan fingerprint density at radius 3 is 2.33 bits per heavy atom. The number of alkyl halides is 3. The Morgan fingerprint density at radius 1 is 1.24 bits per heavy atom. The van der Waals surface area contributed by atoms with Crippen molar-refractivity contribution in [2.24, 2.45) is 5.73 Å². The van der Waals surface area contributed by atoms with E-state index in [1.165, 1.54) is 12.1 Å². The lowest BCUT2D eigenvalue weighted by molar-refractivity contribution is -0.144. The summed E-state index contributed by atoms with van der Waals surface area (Å²) < 4.78 is 38.4. The first-order valence-electron chi connectivity index (χ1n) is 5.92. The molecule has 0 saturated carbocycles. The zero-order valence-electron chi connectivity index (χ0n) is 10.7. The van der Waals surface area contributed by atoms with E-state index >= 15 is 0 Å². The molecule has 1 heterocycles. The van der Waals surface area contributed by atoms with Crippen molar-refractivity contribution >= 4 is 5.97 Å². The van der Waals surface area contributed by atoms with Gasteiger partial charge in [0, 0.05) is 6.20 Å². The fraction of sp³-hybridized carbons (Fsp3) is 0.231. The lowest BCUT2D eigenvalue weighted by Crippen LogP contribution is -2.48. The Kier molecular flexibility index (Phi) is 3.73. The summed E-state index contributed by atoms with van der Waals surface area (Å²) in [4.78, 5) is 11.4. The van der Waals surface area contributed by atoms with Crippen LogP contribution in [0.5, 0.6) is 0 Å². The zero-order valence-corrected chi connectivity index (χ0v) is 10.7. The molecule has 5 nitrogen and oxygen atoms in total. The fourth-order valence-electron chi connectivity index (χ4n) is 1.87. The van der Waals surface area contributed by atoms with Gasteiger partial charge in [0.05, 0.1) is 6.54 Å². The zero-order chi connectivity index (χ0) is 15.7. The predicted molar refractivity (Wildman–Crippen MR) is 67.2 cm³/mol. The van der Waals surface area contributed by atoms with Gasteiger partial charge in [0.2, 0.25) is 0 Å². The van der Waals surface area contributed by atoms with Crippen molar-refractivity contribution in [3.05, 3.63) is 53.9 Å². The lowest BCUT2D eigenvalue weighted by atomic mass is 9.91. The molecule has 1 aromatic heterocycles. The summed E-state index contributed by atoms with van der Waals surface area (Å²) in [6, 6.07) is 8.66. The van der Waals surface area contributed by atoms with Crippen molar-refractivity contribution in [3.8, 4) is 0 Å². The molecular weight excluding hydrogens is 287 g/mol. The number of carboxylic acid groups (broad SMARTS) is 1. The molecule has 0 aliphatic rings. The largest absolute Gasteiger partial charge is 0.480 e. The quantitative estimate of drug-likeness (QED) is 0.902. The number of rotatable bonds is 4. The molecule has 0 aliphatic heterocycles. The van der Waals surface area contributed by atoms with E-state index in [1.807, 2.05) is 0 Å². The Labute approximate surface area is 117 Å². The monoisotopic (exact) mass is 299 g/mol. The molecule has 0 fully saturated rings. The predicted octanol–water partition coefficient (Wildman–Crippen LogP) is 1.84. The second-order valence-electron chi connectivity index (χ2n) is 4.54. The number of hydrogen-bond acceptors (Lipinski definition) is 3. The minimum Gasteiger partial charge on any atom is -0.480 e. The summed E-state index contributed by atoms with van der Waals surface area (Å²) in [6.07, 6.45) is -3.53. The van der Waals surface area contributed by atoms with Crippen molar-refractivity contribution in [1.29, 1.82) is 0 Å². The van der Waals surface area contributed by atoms with Gasteiger partial charge in [0.15, 0.2) is 11.2 Å². The molecule has 1 aromatic carbocycles. The number of nitrogens with zero attached hydrogens (tertiary/aromatic N) is 2. The standard InChI is InChI=1S/C13H12F3N3O2/c14-13(15,16)10-6-7-19(18-10)8-12(17,11(20)21)9-4-2-1-3-5-9/h1-7H,8,17H2,(H,20,21). The van der Waals surface area contributed by atoms with Crippen molar-refractivity contribution < 1.29 is 23.1 Å².